The van der Waals surface area contributed by atoms with E-state index in [1.54, 1.807) is 23.7 Å². The number of rotatable bonds is 3. The van der Waals surface area contributed by atoms with Gasteiger partial charge in [0.2, 0.25) is 0 Å². The van der Waals surface area contributed by atoms with Crippen LogP contribution in [0.5, 0.6) is 0 Å². The smallest absolute Gasteiger partial charge is 0.159 e. The van der Waals surface area contributed by atoms with Gasteiger partial charge in [0.25, 0.3) is 0 Å². The first-order valence-corrected chi connectivity index (χ1v) is 7.19. The van der Waals surface area contributed by atoms with E-state index < -0.39 is 0 Å². The molecule has 0 spiro atoms. The van der Waals surface area contributed by atoms with Crippen molar-refractivity contribution in [3.63, 3.8) is 0 Å². The van der Waals surface area contributed by atoms with Gasteiger partial charge in [-0.2, -0.15) is 5.10 Å². The van der Waals surface area contributed by atoms with Gasteiger partial charge in [-0.15, -0.1) is 5.10 Å². The Labute approximate surface area is 131 Å². The topological polar surface area (TPSA) is 76.5 Å². The molecule has 0 amide bonds. The highest BCUT2D eigenvalue weighted by Crippen LogP contribution is 2.24. The highest BCUT2D eigenvalue weighted by Gasteiger charge is 2.12. The number of hydrogen-bond donors (Lipinski definition) is 1. The van der Waals surface area contributed by atoms with Crippen molar-refractivity contribution in [1.82, 2.24) is 25.2 Å². The van der Waals surface area contributed by atoms with E-state index in [1.165, 1.54) is 0 Å². The van der Waals surface area contributed by atoms with E-state index in [4.69, 9.17) is 0 Å². The van der Waals surface area contributed by atoms with E-state index >= 15 is 0 Å². The lowest BCUT2D eigenvalue weighted by molar-refractivity contribution is 0.101. The van der Waals surface area contributed by atoms with Crippen LogP contribution in [0.4, 0.5) is 0 Å². The minimum atomic E-state index is 0.0406. The maximum Gasteiger partial charge on any atom is 0.159 e. The van der Waals surface area contributed by atoms with Crippen LogP contribution in [0.15, 0.2) is 54.7 Å². The molecule has 0 aliphatic carbocycles. The monoisotopic (exact) mass is 303 g/mol. The van der Waals surface area contributed by atoms with Gasteiger partial charge in [-0.05, 0) is 37.3 Å². The second-order valence-electron chi connectivity index (χ2n) is 5.27. The number of H-pyrrole nitrogens is 1. The summed E-state index contributed by atoms with van der Waals surface area (Å²) in [5.41, 5.74) is 3.94. The van der Waals surface area contributed by atoms with Crippen molar-refractivity contribution in [2.45, 2.75) is 6.92 Å². The molecule has 0 unspecified atom stereocenters. The van der Waals surface area contributed by atoms with Crippen molar-refractivity contribution < 1.29 is 4.79 Å². The predicted molar refractivity (Wildman–Crippen MR) is 86.5 cm³/mol. The molecule has 0 radical (unpaired) electrons. The van der Waals surface area contributed by atoms with E-state index in [0.29, 0.717) is 11.3 Å². The molecule has 23 heavy (non-hydrogen) atoms. The molecule has 0 fully saturated rings. The molecule has 0 bridgehead atoms. The molecular formula is C17H13N5O. The van der Waals surface area contributed by atoms with Crippen molar-refractivity contribution in [1.29, 1.82) is 0 Å². The quantitative estimate of drug-likeness (QED) is 0.590. The van der Waals surface area contributed by atoms with Gasteiger partial charge in [-0.25, -0.2) is 4.68 Å². The van der Waals surface area contributed by atoms with Gasteiger partial charge in [-0.3, -0.25) is 9.89 Å². The molecule has 0 aliphatic rings. The number of carbonyl (C=O) groups is 1. The zero-order valence-corrected chi connectivity index (χ0v) is 12.4. The number of Topliss-reactive ketones (excluding diaryl/α,β-unsaturated/α-hetero) is 1. The zero-order chi connectivity index (χ0) is 15.8. The fourth-order valence-corrected chi connectivity index (χ4v) is 2.51. The number of aromatic nitrogens is 5. The zero-order valence-electron chi connectivity index (χ0n) is 12.4. The Morgan fingerprint density at radius 3 is 2.65 bits per heavy atom. The Balaban J connectivity index is 1.73. The molecule has 6 heteroatoms. The number of aromatic amines is 1. The van der Waals surface area contributed by atoms with Crippen LogP contribution in [-0.4, -0.2) is 31.0 Å². The number of hydrogen-bond acceptors (Lipinski definition) is 4. The summed E-state index contributed by atoms with van der Waals surface area (Å²) in [6.45, 7) is 1.55. The van der Waals surface area contributed by atoms with Gasteiger partial charge in [0.05, 0.1) is 17.4 Å². The van der Waals surface area contributed by atoms with Crippen molar-refractivity contribution in [2.75, 3.05) is 0 Å². The Bertz CT molecular complexity index is 997. The van der Waals surface area contributed by atoms with E-state index in [1.807, 2.05) is 42.6 Å². The second-order valence-corrected chi connectivity index (χ2v) is 5.27. The van der Waals surface area contributed by atoms with Crippen LogP contribution in [0.25, 0.3) is 28.0 Å². The minimum Gasteiger partial charge on any atom is -0.295 e. The van der Waals surface area contributed by atoms with Gasteiger partial charge in [-0.1, -0.05) is 23.4 Å². The van der Waals surface area contributed by atoms with Crippen LogP contribution in [-0.2, 0) is 0 Å². The maximum atomic E-state index is 11.3. The number of ketones is 1. The molecule has 6 nitrogen and oxygen atoms in total. The average molecular weight is 303 g/mol. The highest BCUT2D eigenvalue weighted by molar-refractivity contribution is 5.94. The fraction of sp³-hybridized carbons (Fsp3) is 0.0588. The standard InChI is InChI=1S/C17H13N5O/c1-11(23)12-6-8-13(9-7-12)22-10-16(19-21-22)17-14-4-2-3-5-15(14)18-20-17/h2-10H,1H3,(H,18,20). The molecule has 4 aromatic rings. The van der Waals surface area contributed by atoms with Crippen molar-refractivity contribution in [3.8, 4) is 17.1 Å². The van der Waals surface area contributed by atoms with Crippen LogP contribution in [0, 0.1) is 0 Å². The highest BCUT2D eigenvalue weighted by atomic mass is 16.1. The Kier molecular flexibility index (Phi) is 3.01. The van der Waals surface area contributed by atoms with Crippen molar-refractivity contribution in [3.05, 3.63) is 60.3 Å². The normalized spacial score (nSPS) is 11.0. The summed E-state index contributed by atoms with van der Waals surface area (Å²) in [6.07, 6.45) is 1.82. The van der Waals surface area contributed by atoms with Gasteiger partial charge in [0, 0.05) is 10.9 Å². The van der Waals surface area contributed by atoms with E-state index in [-0.39, 0.29) is 5.78 Å². The third kappa shape index (κ3) is 2.30. The lowest BCUT2D eigenvalue weighted by Crippen LogP contribution is -1.97. The Morgan fingerprint density at radius 1 is 1.09 bits per heavy atom. The summed E-state index contributed by atoms with van der Waals surface area (Å²) >= 11 is 0. The minimum absolute atomic E-state index is 0.0406. The van der Waals surface area contributed by atoms with E-state index in [9.17, 15) is 4.79 Å². The van der Waals surface area contributed by atoms with Crippen LogP contribution in [0.2, 0.25) is 0 Å². The number of benzene rings is 2. The summed E-state index contributed by atoms with van der Waals surface area (Å²) in [4.78, 5) is 11.3. The maximum absolute atomic E-state index is 11.3. The molecule has 0 saturated heterocycles. The predicted octanol–water partition coefficient (Wildman–Crippen LogP) is 3.01. The van der Waals surface area contributed by atoms with Crippen molar-refractivity contribution in [2.24, 2.45) is 0 Å². The average Bonchev–Trinajstić information content (AvgIpc) is 3.21. The summed E-state index contributed by atoms with van der Waals surface area (Å²) in [6, 6.07) is 15.1. The number of nitrogens with zero attached hydrogens (tertiary/aromatic N) is 4. The third-order valence-corrected chi connectivity index (χ3v) is 3.74. The molecule has 4 rings (SSSR count). The molecule has 2 aromatic heterocycles. The first-order valence-electron chi connectivity index (χ1n) is 7.19. The van der Waals surface area contributed by atoms with Crippen molar-refractivity contribution >= 4 is 16.7 Å². The summed E-state index contributed by atoms with van der Waals surface area (Å²) < 4.78 is 1.67. The fourth-order valence-electron chi connectivity index (χ4n) is 2.51. The molecule has 2 aromatic carbocycles. The number of fused-ring (bicyclic) bond motifs is 1. The molecule has 0 saturated carbocycles. The van der Waals surface area contributed by atoms with Crippen LogP contribution < -0.4 is 0 Å². The number of nitrogens with one attached hydrogen (secondary N) is 1. The van der Waals surface area contributed by atoms with Crippen LogP contribution in [0.1, 0.15) is 17.3 Å². The molecule has 0 aliphatic heterocycles. The summed E-state index contributed by atoms with van der Waals surface area (Å²) in [5.74, 6) is 0.0406. The van der Waals surface area contributed by atoms with Gasteiger partial charge < -0.3 is 0 Å². The number of para-hydroxylation sites is 1. The molecule has 2 heterocycles. The molecule has 1 N–H and O–H groups in total. The van der Waals surface area contributed by atoms with E-state index in [0.717, 1.165) is 22.3 Å². The SMILES string of the molecule is CC(=O)c1ccc(-n2cc(-c3n[nH]c4ccccc34)nn2)cc1. The molecule has 112 valence electrons. The Morgan fingerprint density at radius 2 is 1.87 bits per heavy atom. The third-order valence-electron chi connectivity index (χ3n) is 3.74. The number of carbonyl (C=O) groups excluding carboxylic acids is 1. The van der Waals surface area contributed by atoms with Gasteiger partial charge in [0.15, 0.2) is 5.78 Å². The van der Waals surface area contributed by atoms with E-state index in [2.05, 4.69) is 20.5 Å². The largest absolute Gasteiger partial charge is 0.295 e. The first kappa shape index (κ1) is 13.4. The molecular weight excluding hydrogens is 290 g/mol. The summed E-state index contributed by atoms with van der Waals surface area (Å²) in [5, 5.41) is 16.7. The van der Waals surface area contributed by atoms with Gasteiger partial charge >= 0.3 is 0 Å². The van der Waals surface area contributed by atoms with Crippen LogP contribution in [0.3, 0.4) is 0 Å². The van der Waals surface area contributed by atoms with Crippen LogP contribution >= 0.6 is 0 Å². The molecule has 0 atom stereocenters. The summed E-state index contributed by atoms with van der Waals surface area (Å²) in [7, 11) is 0. The van der Waals surface area contributed by atoms with Gasteiger partial charge in [0.1, 0.15) is 11.4 Å². The Hall–Kier alpha value is -3.28. The second kappa shape index (κ2) is 5.17. The lowest BCUT2D eigenvalue weighted by atomic mass is 10.1. The lowest BCUT2D eigenvalue weighted by Gasteiger charge is -2.00. The first-order chi connectivity index (χ1) is 11.2.